The third-order valence-corrected chi connectivity index (χ3v) is 4.58. The summed E-state index contributed by atoms with van der Waals surface area (Å²) < 4.78 is 11.0. The molecule has 2 aromatic carbocycles. The first-order valence-electron chi connectivity index (χ1n) is 10.3. The average Bonchev–Trinajstić information content (AvgIpc) is 3.20. The smallest absolute Gasteiger partial charge is 0.257 e. The molecule has 0 aliphatic rings. The van der Waals surface area contributed by atoms with Crippen molar-refractivity contribution in [2.45, 2.75) is 20.3 Å². The van der Waals surface area contributed by atoms with E-state index in [0.717, 1.165) is 16.5 Å². The van der Waals surface area contributed by atoms with E-state index in [2.05, 4.69) is 21.2 Å². The average molecular weight is 438 g/mol. The molecule has 9 heteroatoms. The van der Waals surface area contributed by atoms with Gasteiger partial charge >= 0.3 is 0 Å². The van der Waals surface area contributed by atoms with E-state index < -0.39 is 11.8 Å². The highest BCUT2D eigenvalue weighted by Crippen LogP contribution is 2.28. The summed E-state index contributed by atoms with van der Waals surface area (Å²) in [6.45, 7) is 4.28. The third-order valence-electron chi connectivity index (χ3n) is 4.58. The Bertz CT molecular complexity index is 1110. The van der Waals surface area contributed by atoms with Crippen molar-refractivity contribution in [3.63, 3.8) is 0 Å². The summed E-state index contributed by atoms with van der Waals surface area (Å²) in [4.78, 5) is 39.6. The number of amides is 3. The molecule has 3 rings (SSSR count). The van der Waals surface area contributed by atoms with E-state index >= 15 is 0 Å². The van der Waals surface area contributed by atoms with Crippen LogP contribution >= 0.6 is 0 Å². The van der Waals surface area contributed by atoms with Gasteiger partial charge in [-0.15, -0.1) is 0 Å². The van der Waals surface area contributed by atoms with Gasteiger partial charge in [0.1, 0.15) is 0 Å². The van der Waals surface area contributed by atoms with Crippen molar-refractivity contribution in [3.05, 3.63) is 59.8 Å². The Morgan fingerprint density at radius 1 is 0.906 bits per heavy atom. The summed E-state index contributed by atoms with van der Waals surface area (Å²) in [7, 11) is 0. The number of aromatic amines is 1. The molecule has 0 aliphatic heterocycles. The molecule has 3 aromatic rings. The zero-order valence-corrected chi connectivity index (χ0v) is 18.0. The Hall–Kier alpha value is -4.01. The van der Waals surface area contributed by atoms with Crippen LogP contribution in [0.25, 0.3) is 10.9 Å². The molecule has 1 heterocycles. The number of carbonyl (C=O) groups excluding carboxylic acids is 3. The Kier molecular flexibility index (Phi) is 7.69. The highest BCUT2D eigenvalue weighted by molar-refractivity contribution is 5.97. The van der Waals surface area contributed by atoms with Gasteiger partial charge in [-0.3, -0.25) is 25.2 Å². The van der Waals surface area contributed by atoms with E-state index in [9.17, 15) is 14.4 Å². The van der Waals surface area contributed by atoms with Crippen LogP contribution in [0.15, 0.2) is 48.7 Å². The lowest BCUT2D eigenvalue weighted by molar-refractivity contribution is -0.128. The number of benzene rings is 2. The summed E-state index contributed by atoms with van der Waals surface area (Å²) >= 11 is 0. The molecule has 3 amide bonds. The fourth-order valence-electron chi connectivity index (χ4n) is 3.13. The summed E-state index contributed by atoms with van der Waals surface area (Å²) in [6, 6.07) is 12.4. The van der Waals surface area contributed by atoms with Crippen LogP contribution in [0.1, 0.15) is 29.8 Å². The number of hydrogen-bond acceptors (Lipinski definition) is 5. The monoisotopic (exact) mass is 438 g/mol. The molecule has 0 atom stereocenters. The third kappa shape index (κ3) is 5.78. The standard InChI is InChI=1S/C23H26N4O5/c1-3-31-19-10-9-15(11-20(19)32-4-2)23(30)25-14-22(29)27-26-21(28)12-16-13-24-18-8-6-5-7-17(16)18/h5-11,13,24H,3-4,12,14H2,1-2H3,(H,25,30)(H,26,28)(H,27,29). The number of carbonyl (C=O) groups is 3. The van der Waals surface area contributed by atoms with Crippen LogP contribution in [-0.4, -0.2) is 42.5 Å². The molecule has 0 unspecified atom stereocenters. The number of ether oxygens (including phenoxy) is 2. The van der Waals surface area contributed by atoms with E-state index in [1.165, 1.54) is 0 Å². The molecule has 0 spiro atoms. The second-order valence-corrected chi connectivity index (χ2v) is 6.84. The minimum Gasteiger partial charge on any atom is -0.490 e. The van der Waals surface area contributed by atoms with Crippen molar-refractivity contribution in [2.24, 2.45) is 0 Å². The number of fused-ring (bicyclic) bond motifs is 1. The van der Waals surface area contributed by atoms with Crippen molar-refractivity contribution in [1.29, 1.82) is 0 Å². The Morgan fingerprint density at radius 2 is 1.62 bits per heavy atom. The lowest BCUT2D eigenvalue weighted by atomic mass is 10.1. The van der Waals surface area contributed by atoms with E-state index in [0.29, 0.717) is 30.3 Å². The number of nitrogens with one attached hydrogen (secondary N) is 4. The molecule has 32 heavy (non-hydrogen) atoms. The van der Waals surface area contributed by atoms with Gasteiger partial charge in [0.2, 0.25) is 5.91 Å². The highest BCUT2D eigenvalue weighted by Gasteiger charge is 2.14. The lowest BCUT2D eigenvalue weighted by Crippen LogP contribution is -2.46. The highest BCUT2D eigenvalue weighted by atomic mass is 16.5. The number of hydrazine groups is 1. The van der Waals surface area contributed by atoms with Gasteiger partial charge in [0, 0.05) is 22.7 Å². The topological polar surface area (TPSA) is 122 Å². The summed E-state index contributed by atoms with van der Waals surface area (Å²) in [6.07, 6.45) is 1.86. The van der Waals surface area contributed by atoms with E-state index in [1.807, 2.05) is 38.1 Å². The Labute approximate surface area is 185 Å². The van der Waals surface area contributed by atoms with Crippen molar-refractivity contribution >= 4 is 28.6 Å². The molecule has 0 aliphatic carbocycles. The van der Waals surface area contributed by atoms with E-state index in [4.69, 9.17) is 9.47 Å². The minimum atomic E-state index is -0.554. The van der Waals surface area contributed by atoms with Gasteiger partial charge in [0.05, 0.1) is 26.2 Å². The number of hydrogen-bond donors (Lipinski definition) is 4. The molecule has 9 nitrogen and oxygen atoms in total. The maximum Gasteiger partial charge on any atom is 0.257 e. The van der Waals surface area contributed by atoms with Crippen LogP contribution in [0.5, 0.6) is 11.5 Å². The van der Waals surface area contributed by atoms with Gasteiger partial charge in [-0.25, -0.2) is 0 Å². The molecule has 0 saturated carbocycles. The second kappa shape index (κ2) is 10.9. The van der Waals surface area contributed by atoms with Crippen molar-refractivity contribution < 1.29 is 23.9 Å². The zero-order chi connectivity index (χ0) is 22.9. The zero-order valence-electron chi connectivity index (χ0n) is 18.0. The SMILES string of the molecule is CCOc1ccc(C(=O)NCC(=O)NNC(=O)Cc2c[nH]c3ccccc23)cc1OCC. The maximum atomic E-state index is 12.4. The van der Waals surface area contributed by atoms with Gasteiger partial charge in [-0.05, 0) is 43.7 Å². The minimum absolute atomic E-state index is 0.100. The molecule has 1 aromatic heterocycles. The number of H-pyrrole nitrogens is 1. The lowest BCUT2D eigenvalue weighted by Gasteiger charge is -2.12. The van der Waals surface area contributed by atoms with Gasteiger partial charge in [0.15, 0.2) is 11.5 Å². The molecule has 0 fully saturated rings. The first-order chi connectivity index (χ1) is 15.5. The first-order valence-corrected chi connectivity index (χ1v) is 10.3. The normalized spacial score (nSPS) is 10.4. The van der Waals surface area contributed by atoms with E-state index in [-0.39, 0.29) is 18.9 Å². The number of para-hydroxylation sites is 1. The fraction of sp³-hybridized carbons (Fsp3) is 0.261. The summed E-state index contributed by atoms with van der Waals surface area (Å²) in [5, 5.41) is 3.46. The van der Waals surface area contributed by atoms with Crippen LogP contribution in [0.2, 0.25) is 0 Å². The molecule has 0 saturated heterocycles. The summed E-state index contributed by atoms with van der Waals surface area (Å²) in [5.74, 6) is -0.379. The molecular weight excluding hydrogens is 412 g/mol. The molecular formula is C23H26N4O5. The first kappa shape index (κ1) is 22.7. The second-order valence-electron chi connectivity index (χ2n) is 6.84. The van der Waals surface area contributed by atoms with Gasteiger partial charge < -0.3 is 19.8 Å². The van der Waals surface area contributed by atoms with Gasteiger partial charge in [-0.1, -0.05) is 18.2 Å². The Balaban J connectivity index is 1.47. The number of rotatable bonds is 9. The van der Waals surface area contributed by atoms with Crippen molar-refractivity contribution in [3.8, 4) is 11.5 Å². The van der Waals surface area contributed by atoms with Crippen LogP contribution < -0.4 is 25.6 Å². The predicted octanol–water partition coefficient (Wildman–Crippen LogP) is 2.09. The molecule has 0 radical (unpaired) electrons. The number of aromatic nitrogens is 1. The molecule has 0 bridgehead atoms. The maximum absolute atomic E-state index is 12.4. The van der Waals surface area contributed by atoms with Crippen molar-refractivity contribution in [1.82, 2.24) is 21.2 Å². The van der Waals surface area contributed by atoms with Crippen LogP contribution in [-0.2, 0) is 16.0 Å². The largest absolute Gasteiger partial charge is 0.490 e. The Morgan fingerprint density at radius 3 is 2.41 bits per heavy atom. The van der Waals surface area contributed by atoms with Gasteiger partial charge in [-0.2, -0.15) is 0 Å². The fourth-order valence-corrected chi connectivity index (χ4v) is 3.13. The van der Waals surface area contributed by atoms with Gasteiger partial charge in [0.25, 0.3) is 11.8 Å². The summed E-state index contributed by atoms with van der Waals surface area (Å²) in [5.41, 5.74) is 6.74. The van der Waals surface area contributed by atoms with Crippen LogP contribution in [0, 0.1) is 0 Å². The molecule has 4 N–H and O–H groups in total. The van der Waals surface area contributed by atoms with Crippen LogP contribution in [0.3, 0.4) is 0 Å². The predicted molar refractivity (Wildman–Crippen MR) is 119 cm³/mol. The quantitative estimate of drug-likeness (QED) is 0.381. The van der Waals surface area contributed by atoms with Crippen molar-refractivity contribution in [2.75, 3.05) is 19.8 Å². The molecule has 168 valence electrons. The van der Waals surface area contributed by atoms with Crippen LogP contribution in [0.4, 0.5) is 0 Å². The van der Waals surface area contributed by atoms with E-state index in [1.54, 1.807) is 24.4 Å².